The molecule has 0 fully saturated rings. The topological polar surface area (TPSA) is 0 Å². The van der Waals surface area contributed by atoms with E-state index in [1.165, 1.54) is 12.2 Å². The summed E-state index contributed by atoms with van der Waals surface area (Å²) in [4.78, 5) is 0. The molecule has 2 aliphatic carbocycles. The van der Waals surface area contributed by atoms with Crippen molar-refractivity contribution in [3.8, 4) is 0 Å². The Hall–Kier alpha value is -1.67. The molecule has 0 radical (unpaired) electrons. The molecule has 28 heavy (non-hydrogen) atoms. The molecule has 3 atom stereocenters. The van der Waals surface area contributed by atoms with Gasteiger partial charge in [-0.05, 0) is 67.4 Å². The second-order valence-electron chi connectivity index (χ2n) is 7.72. The van der Waals surface area contributed by atoms with Gasteiger partial charge in [-0.1, -0.05) is 61.9 Å². The van der Waals surface area contributed by atoms with Gasteiger partial charge >= 0.3 is 0 Å². The Kier molecular flexibility index (Phi) is 7.83. The number of halogens is 3. The average Bonchev–Trinajstić information content (AvgIpc) is 2.65. The van der Waals surface area contributed by atoms with Crippen molar-refractivity contribution in [2.75, 3.05) is 0 Å². The first-order chi connectivity index (χ1) is 13.3. The Balaban J connectivity index is 2.51. The highest BCUT2D eigenvalue weighted by atomic mass is 35.5. The second-order valence-corrected chi connectivity index (χ2v) is 8.18. The maximum atomic E-state index is 16.4. The zero-order valence-electron chi connectivity index (χ0n) is 17.2. The molecule has 0 aliphatic heterocycles. The summed E-state index contributed by atoms with van der Waals surface area (Å²) < 4.78 is 30.2. The fourth-order valence-electron chi connectivity index (χ4n) is 4.41. The van der Waals surface area contributed by atoms with Crippen LogP contribution >= 0.6 is 11.6 Å². The first-order valence-electron chi connectivity index (χ1n) is 10.1. The predicted octanol–water partition coefficient (Wildman–Crippen LogP) is 8.46. The van der Waals surface area contributed by atoms with E-state index in [0.29, 0.717) is 36.3 Å². The molecular formula is C25H31ClF2. The third kappa shape index (κ3) is 4.66. The van der Waals surface area contributed by atoms with Gasteiger partial charge in [0, 0.05) is 17.4 Å². The van der Waals surface area contributed by atoms with E-state index in [2.05, 4.69) is 19.2 Å². The van der Waals surface area contributed by atoms with E-state index in [9.17, 15) is 4.39 Å². The lowest BCUT2D eigenvalue weighted by Crippen LogP contribution is -2.39. The van der Waals surface area contributed by atoms with E-state index in [1.54, 1.807) is 6.08 Å². The van der Waals surface area contributed by atoms with Gasteiger partial charge in [-0.2, -0.15) is 0 Å². The standard InChI is InChI=1S/C25H31ClF2/c1-6-10-18-13-19(14-24(26)22(18)15-21(27)9-4)23-12-11-17(5)16-25(23,28)20(7-2)8-3/h7,9-12,15,19-20H,2,4,6,8,13-14,16H2,1,3,5H3/b18-10?,21-15+. The summed E-state index contributed by atoms with van der Waals surface area (Å²) in [6.07, 6.45) is 13.4. The van der Waals surface area contributed by atoms with Gasteiger partial charge in [-0.3, -0.25) is 0 Å². The lowest BCUT2D eigenvalue weighted by molar-refractivity contribution is 0.129. The van der Waals surface area contributed by atoms with Crippen LogP contribution in [0.25, 0.3) is 0 Å². The van der Waals surface area contributed by atoms with E-state index in [4.69, 9.17) is 11.6 Å². The van der Waals surface area contributed by atoms with Crippen LogP contribution in [-0.2, 0) is 0 Å². The first-order valence-corrected chi connectivity index (χ1v) is 10.4. The minimum absolute atomic E-state index is 0.0439. The molecule has 0 aromatic heterocycles. The van der Waals surface area contributed by atoms with Crippen LogP contribution in [0.2, 0.25) is 0 Å². The summed E-state index contributed by atoms with van der Waals surface area (Å²) in [5.41, 5.74) is 2.05. The Bertz CT molecular complexity index is 778. The molecule has 2 aliphatic rings. The van der Waals surface area contributed by atoms with Crippen molar-refractivity contribution in [2.24, 2.45) is 11.8 Å². The van der Waals surface area contributed by atoms with Crippen LogP contribution in [-0.4, -0.2) is 5.67 Å². The maximum Gasteiger partial charge on any atom is 0.142 e. The quantitative estimate of drug-likeness (QED) is 0.295. The molecule has 0 aromatic carbocycles. The van der Waals surface area contributed by atoms with Crippen LogP contribution in [0.1, 0.15) is 52.9 Å². The molecule has 0 heterocycles. The molecule has 3 unspecified atom stereocenters. The van der Waals surface area contributed by atoms with Gasteiger partial charge in [0.2, 0.25) is 0 Å². The Labute approximate surface area is 173 Å². The first kappa shape index (κ1) is 22.6. The highest BCUT2D eigenvalue weighted by molar-refractivity contribution is 6.30. The Morgan fingerprint density at radius 2 is 2.04 bits per heavy atom. The summed E-state index contributed by atoms with van der Waals surface area (Å²) in [5, 5.41) is 0.578. The minimum Gasteiger partial charge on any atom is -0.238 e. The van der Waals surface area contributed by atoms with Gasteiger partial charge in [-0.25, -0.2) is 8.78 Å². The van der Waals surface area contributed by atoms with Gasteiger partial charge in [0.05, 0.1) is 0 Å². The van der Waals surface area contributed by atoms with Crippen LogP contribution in [0.5, 0.6) is 0 Å². The maximum absolute atomic E-state index is 16.4. The van der Waals surface area contributed by atoms with E-state index < -0.39 is 11.5 Å². The molecule has 0 spiro atoms. The van der Waals surface area contributed by atoms with Crippen molar-refractivity contribution in [3.63, 3.8) is 0 Å². The molecule has 0 bridgehead atoms. The SMILES string of the molecule is C=C/C(F)=C\C1=C(Cl)CC(C2=CC=C(C)CC2(F)C(C=C)CC)CC1=CCC. The number of alkyl halides is 1. The fourth-order valence-corrected chi connectivity index (χ4v) is 4.77. The van der Waals surface area contributed by atoms with Crippen LogP contribution in [0.4, 0.5) is 8.78 Å². The summed E-state index contributed by atoms with van der Waals surface area (Å²) >= 11 is 6.61. The van der Waals surface area contributed by atoms with Crippen molar-refractivity contribution in [2.45, 2.75) is 58.5 Å². The molecule has 0 nitrogen and oxygen atoms in total. The largest absolute Gasteiger partial charge is 0.238 e. The molecule has 0 N–H and O–H groups in total. The molecular weight excluding hydrogens is 374 g/mol. The number of hydrogen-bond acceptors (Lipinski definition) is 0. The van der Waals surface area contributed by atoms with Crippen LogP contribution in [0.15, 0.2) is 82.8 Å². The van der Waals surface area contributed by atoms with E-state index >= 15 is 4.39 Å². The number of hydrogen-bond donors (Lipinski definition) is 0. The van der Waals surface area contributed by atoms with Gasteiger partial charge < -0.3 is 0 Å². The summed E-state index contributed by atoms with van der Waals surface area (Å²) in [6.45, 7) is 13.3. The van der Waals surface area contributed by atoms with E-state index in [-0.39, 0.29) is 11.8 Å². The molecule has 0 saturated heterocycles. The zero-order valence-corrected chi connectivity index (χ0v) is 18.0. The van der Waals surface area contributed by atoms with Gasteiger partial charge in [0.1, 0.15) is 11.5 Å². The predicted molar refractivity (Wildman–Crippen MR) is 118 cm³/mol. The molecule has 152 valence electrons. The van der Waals surface area contributed by atoms with Crippen LogP contribution in [0.3, 0.4) is 0 Å². The monoisotopic (exact) mass is 404 g/mol. The summed E-state index contributed by atoms with van der Waals surface area (Å²) in [7, 11) is 0. The van der Waals surface area contributed by atoms with Crippen LogP contribution in [0, 0.1) is 11.8 Å². The lowest BCUT2D eigenvalue weighted by Gasteiger charge is -2.41. The Morgan fingerprint density at radius 1 is 1.32 bits per heavy atom. The summed E-state index contributed by atoms with van der Waals surface area (Å²) in [5.74, 6) is -0.706. The van der Waals surface area contributed by atoms with Crippen molar-refractivity contribution < 1.29 is 8.78 Å². The van der Waals surface area contributed by atoms with Crippen LogP contribution < -0.4 is 0 Å². The normalized spacial score (nSPS) is 28.7. The number of rotatable bonds is 7. The smallest absolute Gasteiger partial charge is 0.142 e. The van der Waals surface area contributed by atoms with Crippen molar-refractivity contribution in [3.05, 3.63) is 82.8 Å². The molecule has 0 aromatic rings. The molecule has 2 rings (SSSR count). The van der Waals surface area contributed by atoms with E-state index in [1.807, 2.05) is 32.9 Å². The van der Waals surface area contributed by atoms with E-state index in [0.717, 1.165) is 23.1 Å². The fraction of sp³-hybridized carbons (Fsp3) is 0.440. The van der Waals surface area contributed by atoms with Gasteiger partial charge in [0.15, 0.2) is 0 Å². The third-order valence-electron chi connectivity index (χ3n) is 5.77. The van der Waals surface area contributed by atoms with Crippen molar-refractivity contribution in [1.29, 1.82) is 0 Å². The summed E-state index contributed by atoms with van der Waals surface area (Å²) in [6, 6.07) is 0. The number of allylic oxidation sites excluding steroid dienone is 12. The molecule has 0 amide bonds. The third-order valence-corrected chi connectivity index (χ3v) is 6.13. The minimum atomic E-state index is -1.45. The van der Waals surface area contributed by atoms with Crippen molar-refractivity contribution in [1.82, 2.24) is 0 Å². The highest BCUT2D eigenvalue weighted by Gasteiger charge is 2.45. The van der Waals surface area contributed by atoms with Gasteiger partial charge in [-0.15, -0.1) is 6.58 Å². The van der Waals surface area contributed by atoms with Crippen molar-refractivity contribution >= 4 is 11.6 Å². The second kappa shape index (κ2) is 9.69. The average molecular weight is 405 g/mol. The zero-order chi connectivity index (χ0) is 20.9. The molecule has 3 heteroatoms. The highest BCUT2D eigenvalue weighted by Crippen LogP contribution is 2.50. The lowest BCUT2D eigenvalue weighted by atomic mass is 9.67. The Morgan fingerprint density at radius 3 is 2.61 bits per heavy atom. The molecule has 0 saturated carbocycles. The van der Waals surface area contributed by atoms with Gasteiger partial charge in [0.25, 0.3) is 0 Å².